The zero-order chi connectivity index (χ0) is 10.5. The van der Waals surface area contributed by atoms with Crippen LogP contribution in [0.4, 0.5) is 0 Å². The van der Waals surface area contributed by atoms with E-state index in [1.807, 2.05) is 19.2 Å². The predicted molar refractivity (Wildman–Crippen MR) is 61.7 cm³/mol. The van der Waals surface area contributed by atoms with Crippen LogP contribution in [0.3, 0.4) is 0 Å². The summed E-state index contributed by atoms with van der Waals surface area (Å²) >= 11 is 0. The van der Waals surface area contributed by atoms with Crippen molar-refractivity contribution in [1.82, 2.24) is 4.98 Å². The largest absolute Gasteiger partial charge is 0.259 e. The SMILES string of the molecule is Cc1ccc(C2=CC3CC3(C)C=N2)nc1. The number of allylic oxidation sites excluding steroid dienone is 1. The Morgan fingerprint density at radius 1 is 1.40 bits per heavy atom. The molecule has 1 aliphatic carbocycles. The van der Waals surface area contributed by atoms with E-state index in [1.54, 1.807) is 0 Å². The van der Waals surface area contributed by atoms with Crippen LogP contribution in [0.2, 0.25) is 0 Å². The van der Waals surface area contributed by atoms with Crippen LogP contribution in [-0.2, 0) is 0 Å². The normalized spacial score (nSPS) is 32.1. The van der Waals surface area contributed by atoms with Crippen molar-refractivity contribution in [3.63, 3.8) is 0 Å². The van der Waals surface area contributed by atoms with Gasteiger partial charge in [-0.2, -0.15) is 0 Å². The third-order valence-electron chi connectivity index (χ3n) is 3.38. The van der Waals surface area contributed by atoms with Crippen LogP contribution in [0.1, 0.15) is 24.6 Å². The number of rotatable bonds is 1. The first kappa shape index (κ1) is 8.84. The van der Waals surface area contributed by atoms with Gasteiger partial charge in [0.1, 0.15) is 0 Å². The maximum absolute atomic E-state index is 4.50. The second kappa shape index (κ2) is 2.78. The van der Waals surface area contributed by atoms with Crippen LogP contribution < -0.4 is 0 Å². The monoisotopic (exact) mass is 198 g/mol. The van der Waals surface area contributed by atoms with E-state index < -0.39 is 0 Å². The summed E-state index contributed by atoms with van der Waals surface area (Å²) < 4.78 is 0. The second-order valence-electron chi connectivity index (χ2n) is 4.85. The maximum Gasteiger partial charge on any atom is 0.0882 e. The Labute approximate surface area is 89.8 Å². The quantitative estimate of drug-likeness (QED) is 0.681. The molecule has 1 saturated carbocycles. The van der Waals surface area contributed by atoms with Crippen molar-refractivity contribution in [1.29, 1.82) is 0 Å². The first-order chi connectivity index (χ1) is 7.17. The van der Waals surface area contributed by atoms with E-state index in [2.05, 4.69) is 35.3 Å². The molecular weight excluding hydrogens is 184 g/mol. The Bertz CT molecular complexity index is 456. The van der Waals surface area contributed by atoms with E-state index in [0.717, 1.165) is 11.4 Å². The molecule has 1 aliphatic heterocycles. The van der Waals surface area contributed by atoms with Gasteiger partial charge in [0.2, 0.25) is 0 Å². The van der Waals surface area contributed by atoms with Gasteiger partial charge in [-0.1, -0.05) is 19.1 Å². The van der Waals surface area contributed by atoms with Gasteiger partial charge in [0.15, 0.2) is 0 Å². The van der Waals surface area contributed by atoms with Gasteiger partial charge in [-0.25, -0.2) is 0 Å². The highest BCUT2D eigenvalue weighted by molar-refractivity contribution is 5.82. The van der Waals surface area contributed by atoms with Crippen molar-refractivity contribution in [2.75, 3.05) is 0 Å². The van der Waals surface area contributed by atoms with Gasteiger partial charge in [0.05, 0.1) is 11.4 Å². The molecule has 76 valence electrons. The molecule has 1 aromatic heterocycles. The van der Waals surface area contributed by atoms with Gasteiger partial charge >= 0.3 is 0 Å². The van der Waals surface area contributed by atoms with Gasteiger partial charge in [-0.3, -0.25) is 9.98 Å². The first-order valence-electron chi connectivity index (χ1n) is 5.37. The van der Waals surface area contributed by atoms with Crippen LogP contribution in [0.25, 0.3) is 5.70 Å². The zero-order valence-corrected chi connectivity index (χ0v) is 9.07. The van der Waals surface area contributed by atoms with Gasteiger partial charge in [0, 0.05) is 17.8 Å². The van der Waals surface area contributed by atoms with Gasteiger partial charge < -0.3 is 0 Å². The molecule has 0 spiro atoms. The van der Waals surface area contributed by atoms with Gasteiger partial charge in [0.25, 0.3) is 0 Å². The molecule has 0 saturated heterocycles. The van der Waals surface area contributed by atoms with E-state index in [1.165, 1.54) is 12.0 Å². The molecule has 2 heterocycles. The van der Waals surface area contributed by atoms with Crippen LogP contribution in [0.5, 0.6) is 0 Å². The average Bonchev–Trinajstić information content (AvgIpc) is 2.89. The van der Waals surface area contributed by atoms with Crippen molar-refractivity contribution in [3.05, 3.63) is 35.7 Å². The summed E-state index contributed by atoms with van der Waals surface area (Å²) in [5.41, 5.74) is 3.57. The molecule has 2 aliphatic rings. The Morgan fingerprint density at radius 2 is 2.27 bits per heavy atom. The fourth-order valence-electron chi connectivity index (χ4n) is 2.03. The van der Waals surface area contributed by atoms with Crippen molar-refractivity contribution in [2.45, 2.75) is 20.3 Å². The molecule has 2 atom stereocenters. The molecule has 2 heteroatoms. The summed E-state index contributed by atoms with van der Waals surface area (Å²) in [5.74, 6) is 0.688. The molecule has 2 unspecified atom stereocenters. The summed E-state index contributed by atoms with van der Waals surface area (Å²) in [4.78, 5) is 8.89. The number of nitrogens with zero attached hydrogens (tertiary/aromatic N) is 2. The van der Waals surface area contributed by atoms with Crippen molar-refractivity contribution in [2.24, 2.45) is 16.3 Å². The average molecular weight is 198 g/mol. The van der Waals surface area contributed by atoms with E-state index >= 15 is 0 Å². The molecule has 1 aromatic rings. The highest BCUT2D eigenvalue weighted by Crippen LogP contribution is 2.54. The van der Waals surface area contributed by atoms with Crippen molar-refractivity contribution in [3.8, 4) is 0 Å². The lowest BCUT2D eigenvalue weighted by Gasteiger charge is -2.09. The lowest BCUT2D eigenvalue weighted by molar-refractivity contribution is 0.758. The van der Waals surface area contributed by atoms with Crippen molar-refractivity contribution >= 4 is 11.9 Å². The van der Waals surface area contributed by atoms with Gasteiger partial charge in [-0.05, 0) is 30.9 Å². The molecule has 0 amide bonds. The standard InChI is InChI=1S/C13H14N2/c1-9-3-4-11(14-7-9)12-5-10-6-13(10,2)8-15-12/h3-5,7-8,10H,6H2,1-2H3. The maximum atomic E-state index is 4.50. The lowest BCUT2D eigenvalue weighted by atomic mass is 10.0. The minimum Gasteiger partial charge on any atom is -0.259 e. The van der Waals surface area contributed by atoms with Crippen LogP contribution in [0, 0.1) is 18.3 Å². The number of hydrogen-bond donors (Lipinski definition) is 0. The first-order valence-corrected chi connectivity index (χ1v) is 5.37. The van der Waals surface area contributed by atoms with E-state index in [9.17, 15) is 0 Å². The number of pyridine rings is 1. The molecule has 0 N–H and O–H groups in total. The fraction of sp³-hybridized carbons (Fsp3) is 0.385. The molecule has 0 radical (unpaired) electrons. The molecule has 15 heavy (non-hydrogen) atoms. The van der Waals surface area contributed by atoms with Gasteiger partial charge in [-0.15, -0.1) is 0 Å². The van der Waals surface area contributed by atoms with Crippen LogP contribution in [-0.4, -0.2) is 11.2 Å². The third kappa shape index (κ3) is 1.41. The van der Waals surface area contributed by atoms with E-state index in [-0.39, 0.29) is 0 Å². The second-order valence-corrected chi connectivity index (χ2v) is 4.85. The minimum absolute atomic E-state index is 0.355. The number of aromatic nitrogens is 1. The summed E-state index contributed by atoms with van der Waals surface area (Å²) in [6, 6.07) is 4.13. The Kier molecular flexibility index (Phi) is 1.64. The Balaban J connectivity index is 1.93. The fourth-order valence-corrected chi connectivity index (χ4v) is 2.03. The zero-order valence-electron chi connectivity index (χ0n) is 9.07. The third-order valence-corrected chi connectivity index (χ3v) is 3.38. The molecule has 3 rings (SSSR count). The number of aliphatic imine (C=N–C) groups is 1. The molecular formula is C13H14N2. The summed E-state index contributed by atoms with van der Waals surface area (Å²) in [7, 11) is 0. The number of hydrogen-bond acceptors (Lipinski definition) is 2. The molecule has 0 aromatic carbocycles. The molecule has 0 bridgehead atoms. The Hall–Kier alpha value is -1.44. The molecule has 2 nitrogen and oxygen atoms in total. The minimum atomic E-state index is 0.355. The van der Waals surface area contributed by atoms with Crippen molar-refractivity contribution < 1.29 is 0 Å². The predicted octanol–water partition coefficient (Wildman–Crippen LogP) is 2.84. The summed E-state index contributed by atoms with van der Waals surface area (Å²) in [5, 5.41) is 0. The van der Waals surface area contributed by atoms with Crippen LogP contribution in [0.15, 0.2) is 29.4 Å². The smallest absolute Gasteiger partial charge is 0.0882 e. The summed E-state index contributed by atoms with van der Waals surface area (Å²) in [6.07, 6.45) is 7.49. The number of aryl methyl sites for hydroxylation is 1. The van der Waals surface area contributed by atoms with E-state index in [4.69, 9.17) is 0 Å². The van der Waals surface area contributed by atoms with E-state index in [0.29, 0.717) is 11.3 Å². The summed E-state index contributed by atoms with van der Waals surface area (Å²) in [6.45, 7) is 4.31. The number of fused-ring (bicyclic) bond motifs is 1. The lowest BCUT2D eigenvalue weighted by Crippen LogP contribution is -2.03. The van der Waals surface area contributed by atoms with Crippen LogP contribution >= 0.6 is 0 Å². The highest BCUT2D eigenvalue weighted by Gasteiger charge is 2.49. The molecule has 1 fully saturated rings. The highest BCUT2D eigenvalue weighted by atomic mass is 14.8. The topological polar surface area (TPSA) is 25.2 Å². The Morgan fingerprint density at radius 3 is 2.93 bits per heavy atom.